The van der Waals surface area contributed by atoms with Crippen LogP contribution < -0.4 is 5.73 Å². The van der Waals surface area contributed by atoms with Gasteiger partial charge < -0.3 is 5.73 Å². The zero-order chi connectivity index (χ0) is 11.4. The van der Waals surface area contributed by atoms with E-state index in [1.165, 1.54) is 12.1 Å². The first-order valence-corrected chi connectivity index (χ1v) is 6.33. The Hall–Kier alpha value is -0.740. The van der Waals surface area contributed by atoms with Crippen molar-refractivity contribution in [3.63, 3.8) is 0 Å². The molecule has 0 aromatic heterocycles. The Labute approximate surface area is 92.1 Å². The molecule has 0 heterocycles. The molecule has 2 N–H and O–H groups in total. The van der Waals surface area contributed by atoms with Crippen LogP contribution in [0, 0.1) is 12.7 Å². The fourth-order valence-electron chi connectivity index (χ4n) is 1.35. The minimum atomic E-state index is -0.965. The molecule has 0 radical (unpaired) electrons. The highest BCUT2D eigenvalue weighted by molar-refractivity contribution is 7.84. The van der Waals surface area contributed by atoms with Crippen LogP contribution in [0.3, 0.4) is 0 Å². The summed E-state index contributed by atoms with van der Waals surface area (Å²) in [5, 5.41) is 0. The van der Waals surface area contributed by atoms with Gasteiger partial charge in [0.15, 0.2) is 0 Å². The summed E-state index contributed by atoms with van der Waals surface area (Å²) in [4.78, 5) is 0. The highest BCUT2D eigenvalue weighted by atomic mass is 32.2. The molecule has 84 valence electrons. The third-order valence-electron chi connectivity index (χ3n) is 2.07. The highest BCUT2D eigenvalue weighted by Gasteiger charge is 2.07. The van der Waals surface area contributed by atoms with Crippen LogP contribution in [-0.4, -0.2) is 16.0 Å². The summed E-state index contributed by atoms with van der Waals surface area (Å²) in [5.74, 6) is 0.680. The Balaban J connectivity index is 2.68. The molecular weight excluding hydrogens is 213 g/mol. The second-order valence-corrected chi connectivity index (χ2v) is 5.30. The lowest BCUT2D eigenvalue weighted by Crippen LogP contribution is -2.23. The first-order chi connectivity index (χ1) is 6.99. The molecule has 0 aliphatic rings. The monoisotopic (exact) mass is 229 g/mol. The van der Waals surface area contributed by atoms with Crippen molar-refractivity contribution in [2.45, 2.75) is 25.6 Å². The van der Waals surface area contributed by atoms with Crippen molar-refractivity contribution < 1.29 is 8.60 Å². The average molecular weight is 229 g/mol. The Morgan fingerprint density at radius 1 is 1.53 bits per heavy atom. The van der Waals surface area contributed by atoms with Gasteiger partial charge >= 0.3 is 0 Å². The van der Waals surface area contributed by atoms with Gasteiger partial charge in [0, 0.05) is 28.3 Å². The van der Waals surface area contributed by atoms with E-state index in [0.29, 0.717) is 11.5 Å². The van der Waals surface area contributed by atoms with Crippen LogP contribution in [0.1, 0.15) is 18.1 Å². The van der Waals surface area contributed by atoms with Gasteiger partial charge in [0.25, 0.3) is 0 Å². The molecule has 0 aliphatic carbocycles. The average Bonchev–Trinajstić information content (AvgIpc) is 2.08. The van der Waals surface area contributed by atoms with Crippen LogP contribution in [0.2, 0.25) is 0 Å². The molecule has 2 nitrogen and oxygen atoms in total. The van der Waals surface area contributed by atoms with E-state index in [1.807, 2.05) is 13.8 Å². The van der Waals surface area contributed by atoms with E-state index < -0.39 is 10.8 Å². The summed E-state index contributed by atoms with van der Waals surface area (Å²) in [6.45, 7) is 3.65. The largest absolute Gasteiger partial charge is 0.327 e. The third-order valence-corrected chi connectivity index (χ3v) is 3.60. The molecule has 1 aromatic carbocycles. The Morgan fingerprint density at radius 2 is 2.20 bits per heavy atom. The van der Waals surface area contributed by atoms with E-state index in [0.717, 1.165) is 11.1 Å². The molecule has 2 atom stereocenters. The van der Waals surface area contributed by atoms with Gasteiger partial charge in [-0.15, -0.1) is 0 Å². The smallest absolute Gasteiger partial charge is 0.123 e. The predicted molar refractivity (Wildman–Crippen MR) is 61.5 cm³/mol. The molecule has 0 bridgehead atoms. The van der Waals surface area contributed by atoms with Gasteiger partial charge in [-0.25, -0.2) is 4.39 Å². The van der Waals surface area contributed by atoms with E-state index in [1.54, 1.807) is 6.07 Å². The van der Waals surface area contributed by atoms with E-state index in [2.05, 4.69) is 0 Å². The molecule has 0 fully saturated rings. The molecule has 0 saturated carbocycles. The van der Waals surface area contributed by atoms with Gasteiger partial charge in [0.05, 0.1) is 0 Å². The molecule has 2 unspecified atom stereocenters. The lowest BCUT2D eigenvalue weighted by molar-refractivity contribution is 0.625. The quantitative estimate of drug-likeness (QED) is 0.854. The summed E-state index contributed by atoms with van der Waals surface area (Å²) in [6.07, 6.45) is 0. The molecule has 15 heavy (non-hydrogen) atoms. The summed E-state index contributed by atoms with van der Waals surface area (Å²) in [6, 6.07) is 4.47. The van der Waals surface area contributed by atoms with Crippen LogP contribution in [0.4, 0.5) is 4.39 Å². The van der Waals surface area contributed by atoms with Crippen molar-refractivity contribution in [3.8, 4) is 0 Å². The lowest BCUT2D eigenvalue weighted by Gasteiger charge is -2.07. The third kappa shape index (κ3) is 4.10. The van der Waals surface area contributed by atoms with Crippen LogP contribution in [0.25, 0.3) is 0 Å². The molecule has 1 aromatic rings. The topological polar surface area (TPSA) is 43.1 Å². The molecular formula is C11H16FNOS. The lowest BCUT2D eigenvalue weighted by atomic mass is 10.1. The molecule has 1 rings (SSSR count). The van der Waals surface area contributed by atoms with Crippen molar-refractivity contribution in [1.29, 1.82) is 0 Å². The normalized spacial score (nSPS) is 14.9. The highest BCUT2D eigenvalue weighted by Crippen LogP contribution is 2.12. The standard InChI is InChI=1S/C11H16FNOS/c1-8-5-11(12)4-3-10(8)7-15(14)6-9(2)13/h3-5,9H,6-7,13H2,1-2H3. The first-order valence-electron chi connectivity index (χ1n) is 4.84. The summed E-state index contributed by atoms with van der Waals surface area (Å²) < 4.78 is 24.4. The van der Waals surface area contributed by atoms with E-state index in [4.69, 9.17) is 5.73 Å². The number of aryl methyl sites for hydroxylation is 1. The number of hydrogen-bond donors (Lipinski definition) is 1. The van der Waals surface area contributed by atoms with Crippen LogP contribution in [-0.2, 0) is 16.6 Å². The molecule has 0 saturated heterocycles. The van der Waals surface area contributed by atoms with Gasteiger partial charge in [-0.05, 0) is 37.1 Å². The molecule has 0 aliphatic heterocycles. The minimum absolute atomic E-state index is 0.0633. The fraction of sp³-hybridized carbons (Fsp3) is 0.455. The van der Waals surface area contributed by atoms with Crippen LogP contribution >= 0.6 is 0 Å². The zero-order valence-corrected chi connectivity index (χ0v) is 9.81. The first kappa shape index (κ1) is 12.3. The van der Waals surface area contributed by atoms with Crippen molar-refractivity contribution in [2.75, 3.05) is 5.75 Å². The number of nitrogens with two attached hydrogens (primary N) is 1. The zero-order valence-electron chi connectivity index (χ0n) is 9.00. The predicted octanol–water partition coefficient (Wildman–Crippen LogP) is 1.73. The van der Waals surface area contributed by atoms with Crippen molar-refractivity contribution >= 4 is 10.8 Å². The minimum Gasteiger partial charge on any atom is -0.327 e. The maximum Gasteiger partial charge on any atom is 0.123 e. The summed E-state index contributed by atoms with van der Waals surface area (Å²) in [7, 11) is -0.965. The van der Waals surface area contributed by atoms with E-state index in [9.17, 15) is 8.60 Å². The number of hydrogen-bond acceptors (Lipinski definition) is 2. The van der Waals surface area contributed by atoms with Crippen molar-refractivity contribution in [1.82, 2.24) is 0 Å². The number of benzene rings is 1. The van der Waals surface area contributed by atoms with E-state index in [-0.39, 0.29) is 11.9 Å². The Morgan fingerprint density at radius 3 is 2.73 bits per heavy atom. The maximum atomic E-state index is 12.8. The van der Waals surface area contributed by atoms with Gasteiger partial charge in [0.2, 0.25) is 0 Å². The van der Waals surface area contributed by atoms with Gasteiger partial charge in [0.1, 0.15) is 5.82 Å². The molecule has 4 heteroatoms. The maximum absolute atomic E-state index is 12.8. The molecule has 0 spiro atoms. The van der Waals surface area contributed by atoms with Gasteiger partial charge in [-0.2, -0.15) is 0 Å². The number of halogens is 1. The Kier molecular flexibility index (Phi) is 4.42. The fourth-order valence-corrected chi connectivity index (χ4v) is 2.72. The second kappa shape index (κ2) is 5.37. The number of rotatable bonds is 4. The van der Waals surface area contributed by atoms with E-state index >= 15 is 0 Å². The van der Waals surface area contributed by atoms with Crippen LogP contribution in [0.15, 0.2) is 18.2 Å². The summed E-state index contributed by atoms with van der Waals surface area (Å²) >= 11 is 0. The van der Waals surface area contributed by atoms with Crippen molar-refractivity contribution in [3.05, 3.63) is 35.1 Å². The molecule has 0 amide bonds. The van der Waals surface area contributed by atoms with Crippen molar-refractivity contribution in [2.24, 2.45) is 5.73 Å². The second-order valence-electron chi connectivity index (χ2n) is 3.80. The Bertz CT molecular complexity index is 366. The summed E-state index contributed by atoms with van der Waals surface area (Å²) in [5.41, 5.74) is 7.32. The van der Waals surface area contributed by atoms with Gasteiger partial charge in [-0.3, -0.25) is 4.21 Å². The SMILES string of the molecule is Cc1cc(F)ccc1CS(=O)CC(C)N. The van der Waals surface area contributed by atoms with Crippen LogP contribution in [0.5, 0.6) is 0 Å². The van der Waals surface area contributed by atoms with Gasteiger partial charge in [-0.1, -0.05) is 6.07 Å².